The average Bonchev–Trinajstić information content (AvgIpc) is 2.76. The van der Waals surface area contributed by atoms with Crippen molar-refractivity contribution < 1.29 is 4.92 Å². The summed E-state index contributed by atoms with van der Waals surface area (Å²) in [6.07, 6.45) is 3.40. The molecule has 6 nitrogen and oxygen atoms in total. The van der Waals surface area contributed by atoms with Gasteiger partial charge in [-0.3, -0.25) is 10.1 Å². The Kier molecular flexibility index (Phi) is 5.81. The molecule has 154 valence electrons. The maximum atomic E-state index is 11.6. The number of piperidine rings is 1. The van der Waals surface area contributed by atoms with E-state index in [1.54, 1.807) is 6.07 Å². The zero-order valence-electron chi connectivity index (χ0n) is 16.8. The van der Waals surface area contributed by atoms with Crippen LogP contribution in [0.25, 0.3) is 0 Å². The van der Waals surface area contributed by atoms with E-state index in [1.165, 1.54) is 6.42 Å². The highest BCUT2D eigenvalue weighted by Crippen LogP contribution is 2.35. The Morgan fingerprint density at radius 3 is 2.00 bits per heavy atom. The van der Waals surface area contributed by atoms with Crippen molar-refractivity contribution in [2.45, 2.75) is 26.2 Å². The van der Waals surface area contributed by atoms with Crippen LogP contribution in [0, 0.1) is 17.0 Å². The number of rotatable bonds is 4. The summed E-state index contributed by atoms with van der Waals surface area (Å²) in [5, 5.41) is 12.3. The van der Waals surface area contributed by atoms with Crippen molar-refractivity contribution >= 4 is 34.4 Å². The van der Waals surface area contributed by atoms with Crippen molar-refractivity contribution in [3.8, 4) is 0 Å². The smallest absolute Gasteiger partial charge is 0.292 e. The summed E-state index contributed by atoms with van der Waals surface area (Å²) >= 11 is 6.29. The molecule has 0 atom stereocenters. The summed E-state index contributed by atoms with van der Waals surface area (Å²) in [6, 6.07) is 11.8. The van der Waals surface area contributed by atoms with Gasteiger partial charge in [-0.1, -0.05) is 17.7 Å². The number of benzene rings is 2. The van der Waals surface area contributed by atoms with E-state index in [2.05, 4.69) is 26.8 Å². The van der Waals surface area contributed by atoms with E-state index >= 15 is 0 Å². The maximum absolute atomic E-state index is 11.6. The molecule has 2 heterocycles. The summed E-state index contributed by atoms with van der Waals surface area (Å²) in [6.45, 7) is 7.35. The number of hydrogen-bond donors (Lipinski definition) is 0. The molecule has 0 aromatic heterocycles. The van der Waals surface area contributed by atoms with Crippen LogP contribution in [-0.4, -0.2) is 44.2 Å². The van der Waals surface area contributed by atoms with E-state index in [4.69, 9.17) is 11.6 Å². The van der Waals surface area contributed by atoms with E-state index in [9.17, 15) is 10.1 Å². The molecule has 0 unspecified atom stereocenters. The van der Waals surface area contributed by atoms with E-state index in [0.29, 0.717) is 0 Å². The fraction of sp³-hybridized carbons (Fsp3) is 0.455. The van der Waals surface area contributed by atoms with E-state index in [1.807, 2.05) is 25.1 Å². The van der Waals surface area contributed by atoms with Gasteiger partial charge in [0, 0.05) is 61.7 Å². The second kappa shape index (κ2) is 8.49. The van der Waals surface area contributed by atoms with E-state index < -0.39 is 0 Å². The third-order valence-electron chi connectivity index (χ3n) is 6.02. The van der Waals surface area contributed by atoms with Crippen LogP contribution < -0.4 is 14.7 Å². The number of nitro groups is 1. The van der Waals surface area contributed by atoms with Gasteiger partial charge in [0.05, 0.1) is 4.92 Å². The number of aryl methyl sites for hydroxylation is 1. The molecule has 2 aromatic rings. The minimum atomic E-state index is -0.257. The first kappa shape index (κ1) is 19.8. The van der Waals surface area contributed by atoms with E-state index in [0.717, 1.165) is 79.8 Å². The van der Waals surface area contributed by atoms with Crippen LogP contribution in [0.2, 0.25) is 5.02 Å². The highest BCUT2D eigenvalue weighted by molar-refractivity contribution is 6.31. The lowest BCUT2D eigenvalue weighted by atomic mass is 10.1. The standard InChI is InChI=1S/C22H27ClN4O2/c1-17-5-6-18(15-20(17)23)24-11-13-25(14-12-24)19-7-8-21(27(28)29)22(16-19)26-9-3-2-4-10-26/h5-8,15-16H,2-4,9-14H2,1H3. The van der Waals surface area contributed by atoms with Crippen molar-refractivity contribution in [1.82, 2.24) is 0 Å². The van der Waals surface area contributed by atoms with Crippen molar-refractivity contribution in [2.75, 3.05) is 54.0 Å². The molecule has 2 aromatic carbocycles. The first-order chi connectivity index (χ1) is 14.0. The molecule has 7 heteroatoms. The van der Waals surface area contributed by atoms with Crippen molar-refractivity contribution in [1.29, 1.82) is 0 Å². The van der Waals surface area contributed by atoms with Crippen molar-refractivity contribution in [3.05, 3.63) is 57.1 Å². The van der Waals surface area contributed by atoms with Crippen LogP contribution in [-0.2, 0) is 0 Å². The average molecular weight is 415 g/mol. The summed E-state index contributed by atoms with van der Waals surface area (Å²) in [4.78, 5) is 18.1. The molecule has 0 aliphatic carbocycles. The molecule has 0 N–H and O–H groups in total. The molecule has 2 fully saturated rings. The molecular weight excluding hydrogens is 388 g/mol. The van der Waals surface area contributed by atoms with Gasteiger partial charge in [0.15, 0.2) is 0 Å². The molecular formula is C22H27ClN4O2. The van der Waals surface area contributed by atoms with Gasteiger partial charge in [0.1, 0.15) is 5.69 Å². The number of nitro benzene ring substituents is 1. The van der Waals surface area contributed by atoms with Crippen LogP contribution in [0.5, 0.6) is 0 Å². The van der Waals surface area contributed by atoms with Gasteiger partial charge in [-0.2, -0.15) is 0 Å². The normalized spacial score (nSPS) is 17.5. The number of nitrogens with zero attached hydrogens (tertiary/aromatic N) is 4. The lowest BCUT2D eigenvalue weighted by Gasteiger charge is -2.38. The minimum absolute atomic E-state index is 0.212. The van der Waals surface area contributed by atoms with Gasteiger partial charge in [0.25, 0.3) is 5.69 Å². The Labute approximate surface area is 176 Å². The second-order valence-electron chi connectivity index (χ2n) is 7.89. The Balaban J connectivity index is 1.50. The topological polar surface area (TPSA) is 52.9 Å². The van der Waals surface area contributed by atoms with Crippen LogP contribution in [0.1, 0.15) is 24.8 Å². The molecule has 4 rings (SSSR count). The van der Waals surface area contributed by atoms with Crippen molar-refractivity contribution in [2.24, 2.45) is 0 Å². The Morgan fingerprint density at radius 1 is 0.828 bits per heavy atom. The highest BCUT2D eigenvalue weighted by atomic mass is 35.5. The quantitative estimate of drug-likeness (QED) is 0.527. The number of halogens is 1. The molecule has 2 aliphatic heterocycles. The lowest BCUT2D eigenvalue weighted by Crippen LogP contribution is -2.46. The summed E-state index contributed by atoms with van der Waals surface area (Å²) in [7, 11) is 0. The predicted molar refractivity (Wildman–Crippen MR) is 120 cm³/mol. The Bertz CT molecular complexity index is 890. The number of piperazine rings is 1. The Morgan fingerprint density at radius 2 is 1.41 bits per heavy atom. The first-order valence-electron chi connectivity index (χ1n) is 10.3. The largest absolute Gasteiger partial charge is 0.368 e. The molecule has 2 saturated heterocycles. The third kappa shape index (κ3) is 4.27. The number of hydrogen-bond acceptors (Lipinski definition) is 5. The van der Waals surface area contributed by atoms with Crippen LogP contribution in [0.15, 0.2) is 36.4 Å². The second-order valence-corrected chi connectivity index (χ2v) is 8.29. The summed E-state index contributed by atoms with van der Waals surface area (Å²) in [5.41, 5.74) is 4.28. The molecule has 0 saturated carbocycles. The van der Waals surface area contributed by atoms with Crippen LogP contribution in [0.4, 0.5) is 22.7 Å². The van der Waals surface area contributed by atoms with Gasteiger partial charge >= 0.3 is 0 Å². The zero-order valence-corrected chi connectivity index (χ0v) is 17.6. The van der Waals surface area contributed by atoms with Crippen LogP contribution >= 0.6 is 11.6 Å². The van der Waals surface area contributed by atoms with Gasteiger partial charge in [-0.25, -0.2) is 0 Å². The Hall–Kier alpha value is -2.47. The summed E-state index contributed by atoms with van der Waals surface area (Å²) < 4.78 is 0. The first-order valence-corrected chi connectivity index (χ1v) is 10.7. The monoisotopic (exact) mass is 414 g/mol. The fourth-order valence-corrected chi connectivity index (χ4v) is 4.43. The zero-order chi connectivity index (χ0) is 20.4. The van der Waals surface area contributed by atoms with Gasteiger partial charge in [-0.15, -0.1) is 0 Å². The van der Waals surface area contributed by atoms with Gasteiger partial charge in [0.2, 0.25) is 0 Å². The molecule has 0 spiro atoms. The van der Waals surface area contributed by atoms with Crippen molar-refractivity contribution in [3.63, 3.8) is 0 Å². The molecule has 29 heavy (non-hydrogen) atoms. The minimum Gasteiger partial charge on any atom is -0.368 e. The SMILES string of the molecule is Cc1ccc(N2CCN(c3ccc([N+](=O)[O-])c(N4CCCCC4)c3)CC2)cc1Cl. The molecule has 0 amide bonds. The lowest BCUT2D eigenvalue weighted by molar-refractivity contribution is -0.384. The van der Waals surface area contributed by atoms with Crippen LogP contribution in [0.3, 0.4) is 0 Å². The van der Waals surface area contributed by atoms with Gasteiger partial charge in [-0.05, 0) is 56.0 Å². The molecule has 0 bridgehead atoms. The highest BCUT2D eigenvalue weighted by Gasteiger charge is 2.24. The fourth-order valence-electron chi connectivity index (χ4n) is 4.25. The van der Waals surface area contributed by atoms with Gasteiger partial charge < -0.3 is 14.7 Å². The third-order valence-corrected chi connectivity index (χ3v) is 6.43. The summed E-state index contributed by atoms with van der Waals surface area (Å²) in [5.74, 6) is 0. The predicted octanol–water partition coefficient (Wildman–Crippen LogP) is 4.87. The molecule has 2 aliphatic rings. The number of anilines is 3. The maximum Gasteiger partial charge on any atom is 0.292 e. The molecule has 0 radical (unpaired) electrons. The van der Waals surface area contributed by atoms with E-state index in [-0.39, 0.29) is 10.6 Å².